The molecule has 0 saturated carbocycles. The quantitative estimate of drug-likeness (QED) is 0.702. The molecule has 3 heterocycles. The van der Waals surface area contributed by atoms with Crippen LogP contribution in [0.25, 0.3) is 5.95 Å². The number of nitrogens with one attached hydrogen (secondary N) is 1. The van der Waals surface area contributed by atoms with Crippen LogP contribution in [0.5, 0.6) is 0 Å². The van der Waals surface area contributed by atoms with Crippen molar-refractivity contribution in [2.75, 3.05) is 10.3 Å². The number of hydrogen-bond donors (Lipinski definition) is 1. The van der Waals surface area contributed by atoms with Crippen LogP contribution in [0, 0.1) is 27.7 Å². The van der Waals surface area contributed by atoms with E-state index in [1.54, 1.807) is 12.1 Å². The highest BCUT2D eigenvalue weighted by Crippen LogP contribution is 2.22. The highest BCUT2D eigenvalue weighted by molar-refractivity contribution is 6.44. The lowest BCUT2D eigenvalue weighted by Gasteiger charge is -2.23. The van der Waals surface area contributed by atoms with Crippen molar-refractivity contribution in [1.82, 2.24) is 19.7 Å². The second-order valence-electron chi connectivity index (χ2n) is 7.58. The summed E-state index contributed by atoms with van der Waals surface area (Å²) in [5.74, 6) is 0.277. The zero-order valence-electron chi connectivity index (χ0n) is 17.9. The lowest BCUT2D eigenvalue weighted by Crippen LogP contribution is -2.36. The lowest BCUT2D eigenvalue weighted by molar-refractivity contribution is -0.118. The first-order chi connectivity index (χ1) is 14.8. The predicted octanol–water partition coefficient (Wildman–Crippen LogP) is 3.02. The van der Waals surface area contributed by atoms with Crippen LogP contribution in [0.15, 0.2) is 41.5 Å². The average Bonchev–Trinajstić information content (AvgIpc) is 3.07. The minimum atomic E-state index is -0.393. The van der Waals surface area contributed by atoms with Gasteiger partial charge in [0.25, 0.3) is 11.9 Å². The summed E-state index contributed by atoms with van der Waals surface area (Å²) in [5.41, 5.74) is 4.23. The van der Waals surface area contributed by atoms with Crippen molar-refractivity contribution in [3.63, 3.8) is 0 Å². The molecule has 0 aliphatic carbocycles. The minimum absolute atomic E-state index is 0.147. The molecule has 2 aromatic heterocycles. The highest BCUT2D eigenvalue weighted by atomic mass is 16.2. The Kier molecular flexibility index (Phi) is 5.33. The van der Waals surface area contributed by atoms with E-state index in [9.17, 15) is 9.59 Å². The van der Waals surface area contributed by atoms with Crippen molar-refractivity contribution in [1.29, 1.82) is 0 Å². The molecule has 0 atom stereocenters. The molecule has 2 amide bonds. The number of benzene rings is 1. The van der Waals surface area contributed by atoms with E-state index < -0.39 is 5.91 Å². The van der Waals surface area contributed by atoms with E-state index in [0.29, 0.717) is 23.1 Å². The van der Waals surface area contributed by atoms with Gasteiger partial charge in [-0.1, -0.05) is 12.1 Å². The maximum atomic E-state index is 13.0. The SMILES string of the molecule is Cc1cccc(N2N=C(C(=O)Nc3cc(C)nn3-c3nc(C)cc(C)n3)CCC2=O)c1. The topological polar surface area (TPSA) is 105 Å². The van der Waals surface area contributed by atoms with E-state index in [4.69, 9.17) is 0 Å². The van der Waals surface area contributed by atoms with Crippen molar-refractivity contribution < 1.29 is 9.59 Å². The Bertz CT molecular complexity index is 1190. The number of hydrazone groups is 1. The number of nitrogens with zero attached hydrogens (tertiary/aromatic N) is 6. The van der Waals surface area contributed by atoms with E-state index in [-0.39, 0.29) is 24.5 Å². The zero-order chi connectivity index (χ0) is 22.1. The number of carbonyl (C=O) groups is 2. The summed E-state index contributed by atoms with van der Waals surface area (Å²) < 4.78 is 1.50. The van der Waals surface area contributed by atoms with E-state index in [1.807, 2.05) is 52.0 Å². The molecular weight excluding hydrogens is 394 g/mol. The minimum Gasteiger partial charge on any atom is -0.305 e. The molecule has 0 bridgehead atoms. The van der Waals surface area contributed by atoms with Gasteiger partial charge in [0.05, 0.1) is 11.4 Å². The summed E-state index contributed by atoms with van der Waals surface area (Å²) in [7, 11) is 0. The Labute approximate surface area is 179 Å². The van der Waals surface area contributed by atoms with Gasteiger partial charge >= 0.3 is 0 Å². The van der Waals surface area contributed by atoms with Gasteiger partial charge < -0.3 is 5.32 Å². The Balaban J connectivity index is 1.63. The third-order valence-electron chi connectivity index (χ3n) is 4.77. The van der Waals surface area contributed by atoms with Crippen molar-refractivity contribution in [2.45, 2.75) is 40.5 Å². The van der Waals surface area contributed by atoms with Gasteiger partial charge in [-0.2, -0.15) is 14.9 Å². The van der Waals surface area contributed by atoms with E-state index in [0.717, 1.165) is 17.0 Å². The predicted molar refractivity (Wildman–Crippen MR) is 117 cm³/mol. The standard InChI is InChI=1S/C22H23N7O2/c1-13-6-5-7-17(10-13)28-20(30)9-8-18(27-28)21(31)25-19-12-16(4)26-29(19)22-23-14(2)11-15(3)24-22/h5-7,10-12H,8-9H2,1-4H3,(H,25,31). The summed E-state index contributed by atoms with van der Waals surface area (Å²) in [5, 5.41) is 12.9. The Morgan fingerprint density at radius 1 is 0.968 bits per heavy atom. The molecule has 0 saturated heterocycles. The third-order valence-corrected chi connectivity index (χ3v) is 4.77. The van der Waals surface area contributed by atoms with Crippen LogP contribution in [0.4, 0.5) is 11.5 Å². The van der Waals surface area contributed by atoms with Gasteiger partial charge in [0, 0.05) is 30.3 Å². The molecule has 1 aromatic carbocycles. The van der Waals surface area contributed by atoms with Crippen LogP contribution in [-0.4, -0.2) is 37.3 Å². The second kappa shape index (κ2) is 8.10. The fourth-order valence-corrected chi connectivity index (χ4v) is 3.41. The fourth-order valence-electron chi connectivity index (χ4n) is 3.41. The first kappa shape index (κ1) is 20.4. The summed E-state index contributed by atoms with van der Waals surface area (Å²) in [6, 6.07) is 11.1. The number of amides is 2. The van der Waals surface area contributed by atoms with Crippen molar-refractivity contribution >= 4 is 29.0 Å². The van der Waals surface area contributed by atoms with Crippen LogP contribution in [-0.2, 0) is 9.59 Å². The number of aromatic nitrogens is 4. The largest absolute Gasteiger partial charge is 0.305 e. The van der Waals surface area contributed by atoms with Crippen LogP contribution >= 0.6 is 0 Å². The molecule has 0 fully saturated rings. The van der Waals surface area contributed by atoms with E-state index in [2.05, 4.69) is 25.5 Å². The van der Waals surface area contributed by atoms with E-state index in [1.165, 1.54) is 9.69 Å². The fraction of sp³-hybridized carbons (Fsp3) is 0.273. The second-order valence-corrected chi connectivity index (χ2v) is 7.58. The Hall–Kier alpha value is -3.88. The van der Waals surface area contributed by atoms with E-state index >= 15 is 0 Å². The molecule has 9 heteroatoms. The van der Waals surface area contributed by atoms with Crippen LogP contribution in [0.2, 0.25) is 0 Å². The third kappa shape index (κ3) is 4.35. The number of anilines is 2. The van der Waals surface area contributed by atoms with Crippen LogP contribution in [0.3, 0.4) is 0 Å². The van der Waals surface area contributed by atoms with Crippen molar-refractivity contribution in [3.05, 3.63) is 59.0 Å². The molecule has 1 aliphatic rings. The van der Waals surface area contributed by atoms with Gasteiger partial charge in [-0.3, -0.25) is 9.59 Å². The van der Waals surface area contributed by atoms with Gasteiger partial charge in [-0.05, 0) is 51.5 Å². The molecular formula is C22H23N7O2. The molecule has 9 nitrogen and oxygen atoms in total. The molecule has 1 aliphatic heterocycles. The normalized spacial score (nSPS) is 13.9. The lowest BCUT2D eigenvalue weighted by atomic mass is 10.1. The summed E-state index contributed by atoms with van der Waals surface area (Å²) in [6.45, 7) is 7.51. The molecule has 158 valence electrons. The van der Waals surface area contributed by atoms with Crippen molar-refractivity contribution in [3.8, 4) is 5.95 Å². The Morgan fingerprint density at radius 3 is 2.42 bits per heavy atom. The van der Waals surface area contributed by atoms with Gasteiger partial charge in [0.15, 0.2) is 0 Å². The first-order valence-corrected chi connectivity index (χ1v) is 9.98. The number of carbonyl (C=O) groups excluding carboxylic acids is 2. The maximum absolute atomic E-state index is 13.0. The zero-order valence-corrected chi connectivity index (χ0v) is 17.9. The van der Waals surface area contributed by atoms with Gasteiger partial charge in [-0.25, -0.2) is 15.0 Å². The summed E-state index contributed by atoms with van der Waals surface area (Å²) in [4.78, 5) is 34.2. The molecule has 4 rings (SSSR count). The van der Waals surface area contributed by atoms with Crippen LogP contribution in [0.1, 0.15) is 35.5 Å². The van der Waals surface area contributed by atoms with Gasteiger partial charge in [0.1, 0.15) is 11.5 Å². The van der Waals surface area contributed by atoms with Crippen molar-refractivity contribution in [2.24, 2.45) is 5.10 Å². The molecule has 1 N–H and O–H groups in total. The van der Waals surface area contributed by atoms with Gasteiger partial charge in [0.2, 0.25) is 5.91 Å². The average molecular weight is 417 g/mol. The van der Waals surface area contributed by atoms with Crippen LogP contribution < -0.4 is 10.3 Å². The molecule has 31 heavy (non-hydrogen) atoms. The first-order valence-electron chi connectivity index (χ1n) is 9.98. The molecule has 0 unspecified atom stereocenters. The number of aryl methyl sites for hydroxylation is 4. The molecule has 3 aromatic rings. The van der Waals surface area contributed by atoms with Gasteiger partial charge in [-0.15, -0.1) is 0 Å². The monoisotopic (exact) mass is 417 g/mol. The number of hydrogen-bond acceptors (Lipinski definition) is 6. The summed E-state index contributed by atoms with van der Waals surface area (Å²) in [6.07, 6.45) is 0.471. The molecule has 0 radical (unpaired) electrons. The maximum Gasteiger partial charge on any atom is 0.273 e. The number of rotatable bonds is 4. The Morgan fingerprint density at radius 2 is 1.71 bits per heavy atom. The summed E-state index contributed by atoms with van der Waals surface area (Å²) >= 11 is 0. The highest BCUT2D eigenvalue weighted by Gasteiger charge is 2.26. The molecule has 0 spiro atoms. The smallest absolute Gasteiger partial charge is 0.273 e.